The number of carbonyl (C=O) groups excluding carboxylic acids is 1. The van der Waals surface area contributed by atoms with Crippen LogP contribution in [0.2, 0.25) is 0 Å². The second kappa shape index (κ2) is 6.78. The summed E-state index contributed by atoms with van der Waals surface area (Å²) >= 11 is 0. The molecule has 3 heteroatoms. The van der Waals surface area contributed by atoms with E-state index < -0.39 is 0 Å². The molecular weight excluding hydrogens is 296 g/mol. The SMILES string of the molecule is CC(C)(C)N(Cc1ccccc1)C(=O)[C@@H]1Cc2ccccc2CN1. The van der Waals surface area contributed by atoms with Gasteiger partial charge in [0.2, 0.25) is 5.91 Å². The van der Waals surface area contributed by atoms with Crippen LogP contribution in [0.4, 0.5) is 0 Å². The number of hydrogen-bond acceptors (Lipinski definition) is 2. The third-order valence-corrected chi connectivity index (χ3v) is 4.64. The minimum absolute atomic E-state index is 0.150. The van der Waals surface area contributed by atoms with E-state index in [1.807, 2.05) is 23.1 Å². The quantitative estimate of drug-likeness (QED) is 0.937. The van der Waals surface area contributed by atoms with Crippen LogP contribution < -0.4 is 5.32 Å². The van der Waals surface area contributed by atoms with E-state index in [2.05, 4.69) is 62.5 Å². The van der Waals surface area contributed by atoms with Gasteiger partial charge in [0.05, 0.1) is 6.04 Å². The topological polar surface area (TPSA) is 32.3 Å². The maximum absolute atomic E-state index is 13.2. The van der Waals surface area contributed by atoms with E-state index in [-0.39, 0.29) is 17.5 Å². The monoisotopic (exact) mass is 322 g/mol. The molecule has 0 unspecified atom stereocenters. The van der Waals surface area contributed by atoms with Crippen LogP contribution in [0.5, 0.6) is 0 Å². The van der Waals surface area contributed by atoms with Crippen LogP contribution in [0, 0.1) is 0 Å². The van der Waals surface area contributed by atoms with Crippen LogP contribution >= 0.6 is 0 Å². The van der Waals surface area contributed by atoms with Gasteiger partial charge in [-0.05, 0) is 43.9 Å². The van der Waals surface area contributed by atoms with Crippen LogP contribution in [-0.4, -0.2) is 22.4 Å². The molecule has 0 bridgehead atoms. The number of benzene rings is 2. The Morgan fingerprint density at radius 1 is 1.04 bits per heavy atom. The second-order valence-electron chi connectivity index (χ2n) is 7.49. The summed E-state index contributed by atoms with van der Waals surface area (Å²) in [4.78, 5) is 15.2. The van der Waals surface area contributed by atoms with E-state index in [4.69, 9.17) is 0 Å². The summed E-state index contributed by atoms with van der Waals surface area (Å²) < 4.78 is 0. The maximum Gasteiger partial charge on any atom is 0.240 e. The Labute approximate surface area is 144 Å². The van der Waals surface area contributed by atoms with Gasteiger partial charge in [0.15, 0.2) is 0 Å². The number of nitrogens with zero attached hydrogens (tertiary/aromatic N) is 1. The Bertz CT molecular complexity index is 703. The fourth-order valence-electron chi connectivity index (χ4n) is 3.23. The first-order valence-electron chi connectivity index (χ1n) is 8.61. The zero-order valence-corrected chi connectivity index (χ0v) is 14.8. The van der Waals surface area contributed by atoms with Crippen molar-refractivity contribution in [1.29, 1.82) is 0 Å². The van der Waals surface area contributed by atoms with Gasteiger partial charge >= 0.3 is 0 Å². The summed E-state index contributed by atoms with van der Waals surface area (Å²) in [5.41, 5.74) is 3.53. The number of hydrogen-bond donors (Lipinski definition) is 1. The van der Waals surface area contributed by atoms with Crippen molar-refractivity contribution in [3.63, 3.8) is 0 Å². The van der Waals surface area contributed by atoms with Crippen LogP contribution in [-0.2, 0) is 24.3 Å². The van der Waals surface area contributed by atoms with Gasteiger partial charge in [-0.2, -0.15) is 0 Å². The molecule has 0 aliphatic carbocycles. The second-order valence-corrected chi connectivity index (χ2v) is 7.49. The van der Waals surface area contributed by atoms with E-state index in [1.54, 1.807) is 0 Å². The van der Waals surface area contributed by atoms with Gasteiger partial charge in [-0.25, -0.2) is 0 Å². The molecule has 0 fully saturated rings. The molecule has 1 aliphatic rings. The zero-order chi connectivity index (χ0) is 17.2. The Morgan fingerprint density at radius 3 is 2.33 bits per heavy atom. The standard InChI is InChI=1S/C21H26N2O/c1-21(2,3)23(15-16-9-5-4-6-10-16)20(24)19-13-17-11-7-8-12-18(17)14-22-19/h4-12,19,22H,13-15H2,1-3H3/t19-/m0/s1. The number of carbonyl (C=O) groups is 1. The molecule has 126 valence electrons. The lowest BCUT2D eigenvalue weighted by Gasteiger charge is -2.39. The number of fused-ring (bicyclic) bond motifs is 1. The van der Waals surface area contributed by atoms with Gasteiger partial charge in [-0.1, -0.05) is 54.6 Å². The average molecular weight is 322 g/mol. The van der Waals surface area contributed by atoms with E-state index in [0.29, 0.717) is 6.54 Å². The van der Waals surface area contributed by atoms with Crippen molar-refractivity contribution in [1.82, 2.24) is 10.2 Å². The van der Waals surface area contributed by atoms with E-state index in [0.717, 1.165) is 18.5 Å². The number of amides is 1. The highest BCUT2D eigenvalue weighted by Gasteiger charge is 2.33. The Morgan fingerprint density at radius 2 is 1.67 bits per heavy atom. The van der Waals surface area contributed by atoms with Crippen molar-refractivity contribution >= 4 is 5.91 Å². The highest BCUT2D eigenvalue weighted by molar-refractivity contribution is 5.83. The lowest BCUT2D eigenvalue weighted by atomic mass is 9.93. The van der Waals surface area contributed by atoms with Crippen LogP contribution in [0.3, 0.4) is 0 Å². The predicted octanol–water partition coefficient (Wildman–Crippen LogP) is 3.53. The van der Waals surface area contributed by atoms with Gasteiger partial charge in [-0.15, -0.1) is 0 Å². The summed E-state index contributed by atoms with van der Waals surface area (Å²) in [6.45, 7) is 7.71. The van der Waals surface area contributed by atoms with E-state index in [1.165, 1.54) is 11.1 Å². The van der Waals surface area contributed by atoms with Gasteiger partial charge < -0.3 is 10.2 Å². The maximum atomic E-state index is 13.2. The first-order valence-corrected chi connectivity index (χ1v) is 8.61. The van der Waals surface area contributed by atoms with Crippen molar-refractivity contribution in [2.75, 3.05) is 0 Å². The first-order chi connectivity index (χ1) is 11.4. The number of nitrogens with one attached hydrogen (secondary N) is 1. The molecule has 3 nitrogen and oxygen atoms in total. The summed E-state index contributed by atoms with van der Waals surface area (Å²) in [5, 5.41) is 3.42. The average Bonchev–Trinajstić information content (AvgIpc) is 2.58. The van der Waals surface area contributed by atoms with Crippen molar-refractivity contribution in [2.24, 2.45) is 0 Å². The zero-order valence-electron chi connectivity index (χ0n) is 14.8. The molecule has 3 rings (SSSR count). The molecule has 2 aromatic carbocycles. The molecule has 1 atom stereocenters. The molecule has 0 saturated heterocycles. The lowest BCUT2D eigenvalue weighted by molar-refractivity contribution is -0.139. The summed E-state index contributed by atoms with van der Waals surface area (Å²) in [6, 6.07) is 18.4. The van der Waals surface area contributed by atoms with Crippen molar-refractivity contribution < 1.29 is 4.79 Å². The minimum atomic E-state index is -0.217. The molecule has 1 amide bonds. The van der Waals surface area contributed by atoms with E-state index >= 15 is 0 Å². The molecule has 0 radical (unpaired) electrons. The number of rotatable bonds is 3. The Balaban J connectivity index is 1.80. The summed E-state index contributed by atoms with van der Waals surface area (Å²) in [6.07, 6.45) is 0.760. The highest BCUT2D eigenvalue weighted by atomic mass is 16.2. The molecule has 0 saturated carbocycles. The molecule has 1 heterocycles. The molecule has 24 heavy (non-hydrogen) atoms. The molecule has 2 aromatic rings. The Kier molecular flexibility index (Phi) is 4.72. The third-order valence-electron chi connectivity index (χ3n) is 4.64. The van der Waals surface area contributed by atoms with Crippen LogP contribution in [0.25, 0.3) is 0 Å². The highest BCUT2D eigenvalue weighted by Crippen LogP contribution is 2.23. The van der Waals surface area contributed by atoms with Crippen molar-refractivity contribution in [2.45, 2.75) is 51.9 Å². The van der Waals surface area contributed by atoms with Crippen molar-refractivity contribution in [3.05, 3.63) is 71.3 Å². The molecule has 1 N–H and O–H groups in total. The predicted molar refractivity (Wildman–Crippen MR) is 97.5 cm³/mol. The smallest absolute Gasteiger partial charge is 0.240 e. The van der Waals surface area contributed by atoms with Gasteiger partial charge in [0.1, 0.15) is 0 Å². The van der Waals surface area contributed by atoms with E-state index in [9.17, 15) is 4.79 Å². The third kappa shape index (κ3) is 3.68. The van der Waals surface area contributed by atoms with Crippen LogP contribution in [0.15, 0.2) is 54.6 Å². The lowest BCUT2D eigenvalue weighted by Crippen LogP contribution is -2.54. The fraction of sp³-hybridized carbons (Fsp3) is 0.381. The molecule has 1 aliphatic heterocycles. The minimum Gasteiger partial charge on any atom is -0.332 e. The normalized spacial score (nSPS) is 17.2. The molecular formula is C21H26N2O. The largest absolute Gasteiger partial charge is 0.332 e. The first kappa shape index (κ1) is 16.7. The summed E-state index contributed by atoms with van der Waals surface area (Å²) in [5.74, 6) is 0.181. The van der Waals surface area contributed by atoms with Gasteiger partial charge in [0, 0.05) is 18.6 Å². The fourth-order valence-corrected chi connectivity index (χ4v) is 3.23. The molecule has 0 spiro atoms. The Hall–Kier alpha value is -2.13. The van der Waals surface area contributed by atoms with Crippen LogP contribution in [0.1, 0.15) is 37.5 Å². The van der Waals surface area contributed by atoms with Gasteiger partial charge in [0.25, 0.3) is 0 Å². The van der Waals surface area contributed by atoms with Crippen molar-refractivity contribution in [3.8, 4) is 0 Å². The summed E-state index contributed by atoms with van der Waals surface area (Å²) in [7, 11) is 0. The molecule has 0 aromatic heterocycles. The van der Waals surface area contributed by atoms with Gasteiger partial charge in [-0.3, -0.25) is 4.79 Å².